The highest BCUT2D eigenvalue weighted by Gasteiger charge is 2.14. The molecule has 0 aliphatic carbocycles. The highest BCUT2D eigenvalue weighted by Crippen LogP contribution is 2.24. The highest BCUT2D eigenvalue weighted by molar-refractivity contribution is 5.65. The number of carbonyl (C=O) groups is 1. The van der Waals surface area contributed by atoms with Crippen LogP contribution in [-0.4, -0.2) is 6.09 Å². The van der Waals surface area contributed by atoms with Crippen molar-refractivity contribution in [1.82, 2.24) is 0 Å². The normalized spacial score (nSPS) is 14.3. The Morgan fingerprint density at radius 3 is 2.27 bits per heavy atom. The molecule has 0 aliphatic heterocycles. The molecule has 0 bridgehead atoms. The maximum atomic E-state index is 10.6. The van der Waals surface area contributed by atoms with Crippen LogP contribution in [0.15, 0.2) is 24.3 Å². The number of carbonyl (C=O) groups excluding carboxylic acids is 1. The van der Waals surface area contributed by atoms with Crippen molar-refractivity contribution < 1.29 is 9.53 Å². The molecule has 4 heteroatoms. The minimum Gasteiger partial charge on any atom is -0.442 e. The van der Waals surface area contributed by atoms with Crippen LogP contribution in [0.1, 0.15) is 37.1 Å². The van der Waals surface area contributed by atoms with Crippen LogP contribution in [0.3, 0.4) is 0 Å². The molecule has 15 heavy (non-hydrogen) atoms. The molecule has 1 rings (SSSR count). The van der Waals surface area contributed by atoms with E-state index in [4.69, 9.17) is 16.2 Å². The predicted octanol–water partition coefficient (Wildman–Crippen LogP) is 1.86. The van der Waals surface area contributed by atoms with Crippen LogP contribution in [0.4, 0.5) is 4.79 Å². The Labute approximate surface area is 89.2 Å². The zero-order valence-corrected chi connectivity index (χ0v) is 8.94. The van der Waals surface area contributed by atoms with E-state index >= 15 is 0 Å². The van der Waals surface area contributed by atoms with Crippen molar-refractivity contribution in [3.05, 3.63) is 35.4 Å². The van der Waals surface area contributed by atoms with Crippen LogP contribution < -0.4 is 11.5 Å². The Hall–Kier alpha value is -1.55. The second-order valence-corrected chi connectivity index (χ2v) is 3.50. The van der Waals surface area contributed by atoms with Crippen molar-refractivity contribution in [2.75, 3.05) is 0 Å². The lowest BCUT2D eigenvalue weighted by Gasteiger charge is -2.17. The van der Waals surface area contributed by atoms with E-state index in [1.807, 2.05) is 31.2 Å². The third kappa shape index (κ3) is 2.95. The maximum absolute atomic E-state index is 10.6. The predicted molar refractivity (Wildman–Crippen MR) is 58.1 cm³/mol. The molecule has 0 fully saturated rings. The number of hydrogen-bond acceptors (Lipinski definition) is 3. The zero-order valence-electron chi connectivity index (χ0n) is 8.94. The summed E-state index contributed by atoms with van der Waals surface area (Å²) in [6, 6.07) is 7.48. The third-order valence-corrected chi connectivity index (χ3v) is 2.22. The zero-order chi connectivity index (χ0) is 11.4. The quantitative estimate of drug-likeness (QED) is 0.795. The van der Waals surface area contributed by atoms with Gasteiger partial charge in [-0.15, -0.1) is 0 Å². The average molecular weight is 208 g/mol. The van der Waals surface area contributed by atoms with Crippen molar-refractivity contribution in [2.45, 2.75) is 26.0 Å². The van der Waals surface area contributed by atoms with Gasteiger partial charge in [0.25, 0.3) is 0 Å². The standard InChI is InChI=1S/C11H16N2O2/c1-7(12)9-5-3-4-6-10(9)8(2)15-11(13)14/h3-8H,12H2,1-2H3,(H2,13,14). The molecule has 4 N–H and O–H groups in total. The summed E-state index contributed by atoms with van der Waals surface area (Å²) >= 11 is 0. The molecule has 0 spiro atoms. The van der Waals surface area contributed by atoms with Crippen LogP contribution in [0, 0.1) is 0 Å². The molecule has 0 saturated carbocycles. The van der Waals surface area contributed by atoms with Gasteiger partial charge in [0.2, 0.25) is 0 Å². The van der Waals surface area contributed by atoms with Gasteiger partial charge in [0.1, 0.15) is 6.10 Å². The number of hydrogen-bond donors (Lipinski definition) is 2. The molecule has 0 heterocycles. The van der Waals surface area contributed by atoms with Crippen molar-refractivity contribution in [1.29, 1.82) is 0 Å². The number of amides is 1. The van der Waals surface area contributed by atoms with E-state index < -0.39 is 6.09 Å². The first-order chi connectivity index (χ1) is 7.02. The second kappa shape index (κ2) is 4.79. The first-order valence-electron chi connectivity index (χ1n) is 4.83. The molecular weight excluding hydrogens is 192 g/mol. The van der Waals surface area contributed by atoms with E-state index in [9.17, 15) is 4.79 Å². The first kappa shape index (κ1) is 11.5. The van der Waals surface area contributed by atoms with Gasteiger partial charge in [-0.05, 0) is 25.0 Å². The number of primary amides is 1. The SMILES string of the molecule is CC(N)c1ccccc1C(C)OC(N)=O. The van der Waals surface area contributed by atoms with Gasteiger partial charge in [-0.2, -0.15) is 0 Å². The van der Waals surface area contributed by atoms with Crippen LogP contribution in [0.5, 0.6) is 0 Å². The summed E-state index contributed by atoms with van der Waals surface area (Å²) in [5.74, 6) is 0. The topological polar surface area (TPSA) is 78.3 Å². The van der Waals surface area contributed by atoms with E-state index in [-0.39, 0.29) is 12.1 Å². The summed E-state index contributed by atoms with van der Waals surface area (Å²) in [5.41, 5.74) is 12.6. The fraction of sp³-hybridized carbons (Fsp3) is 0.364. The van der Waals surface area contributed by atoms with E-state index in [0.29, 0.717) is 0 Å². The molecule has 2 unspecified atom stereocenters. The summed E-state index contributed by atoms with van der Waals surface area (Å²) in [4.78, 5) is 10.6. The summed E-state index contributed by atoms with van der Waals surface area (Å²) in [5, 5.41) is 0. The average Bonchev–Trinajstić information content (AvgIpc) is 2.16. The van der Waals surface area contributed by atoms with E-state index in [0.717, 1.165) is 11.1 Å². The van der Waals surface area contributed by atoms with Crippen molar-refractivity contribution in [3.8, 4) is 0 Å². The molecule has 0 saturated heterocycles. The van der Waals surface area contributed by atoms with Gasteiger partial charge in [0.05, 0.1) is 0 Å². The van der Waals surface area contributed by atoms with Crippen LogP contribution in [0.2, 0.25) is 0 Å². The summed E-state index contributed by atoms with van der Waals surface area (Å²) < 4.78 is 4.91. The Morgan fingerprint density at radius 2 is 1.80 bits per heavy atom. The van der Waals surface area contributed by atoms with Gasteiger partial charge in [-0.3, -0.25) is 0 Å². The molecule has 0 aromatic heterocycles. The van der Waals surface area contributed by atoms with Gasteiger partial charge in [-0.1, -0.05) is 24.3 Å². The van der Waals surface area contributed by atoms with E-state index in [1.165, 1.54) is 0 Å². The van der Waals surface area contributed by atoms with Crippen molar-refractivity contribution in [3.63, 3.8) is 0 Å². The number of rotatable bonds is 3. The Bertz CT molecular complexity index is 350. The maximum Gasteiger partial charge on any atom is 0.405 e. The fourth-order valence-electron chi connectivity index (χ4n) is 1.53. The van der Waals surface area contributed by atoms with Crippen LogP contribution >= 0.6 is 0 Å². The second-order valence-electron chi connectivity index (χ2n) is 3.50. The monoisotopic (exact) mass is 208 g/mol. The molecule has 2 atom stereocenters. The largest absolute Gasteiger partial charge is 0.442 e. The molecule has 0 radical (unpaired) electrons. The molecule has 1 aromatic carbocycles. The minimum atomic E-state index is -0.776. The Balaban J connectivity index is 2.97. The summed E-state index contributed by atoms with van der Waals surface area (Å²) in [6.07, 6.45) is -1.15. The Kier molecular flexibility index (Phi) is 3.68. The van der Waals surface area contributed by atoms with Crippen LogP contribution in [0.25, 0.3) is 0 Å². The van der Waals surface area contributed by atoms with Gasteiger partial charge in [-0.25, -0.2) is 4.79 Å². The molecule has 0 aliphatic rings. The summed E-state index contributed by atoms with van der Waals surface area (Å²) in [6.45, 7) is 3.65. The van der Waals surface area contributed by atoms with Gasteiger partial charge >= 0.3 is 6.09 Å². The lowest BCUT2D eigenvalue weighted by molar-refractivity contribution is 0.116. The van der Waals surface area contributed by atoms with Crippen molar-refractivity contribution >= 4 is 6.09 Å². The van der Waals surface area contributed by atoms with Gasteiger partial charge < -0.3 is 16.2 Å². The molecular formula is C11H16N2O2. The van der Waals surface area contributed by atoms with E-state index in [1.54, 1.807) is 6.92 Å². The lowest BCUT2D eigenvalue weighted by atomic mass is 9.98. The minimum absolute atomic E-state index is 0.0971. The Morgan fingerprint density at radius 1 is 1.27 bits per heavy atom. The lowest BCUT2D eigenvalue weighted by Crippen LogP contribution is -2.18. The number of benzene rings is 1. The van der Waals surface area contributed by atoms with Crippen LogP contribution in [-0.2, 0) is 4.74 Å². The molecule has 82 valence electrons. The first-order valence-corrected chi connectivity index (χ1v) is 4.83. The van der Waals surface area contributed by atoms with Gasteiger partial charge in [0, 0.05) is 6.04 Å². The highest BCUT2D eigenvalue weighted by atomic mass is 16.6. The number of ether oxygens (including phenoxy) is 1. The molecule has 1 amide bonds. The van der Waals surface area contributed by atoms with E-state index in [2.05, 4.69) is 0 Å². The molecule has 1 aromatic rings. The van der Waals surface area contributed by atoms with Gasteiger partial charge in [0.15, 0.2) is 0 Å². The smallest absolute Gasteiger partial charge is 0.405 e. The molecule has 4 nitrogen and oxygen atoms in total. The summed E-state index contributed by atoms with van der Waals surface area (Å²) in [7, 11) is 0. The number of nitrogens with two attached hydrogens (primary N) is 2. The third-order valence-electron chi connectivity index (χ3n) is 2.22. The van der Waals surface area contributed by atoms with Crippen molar-refractivity contribution in [2.24, 2.45) is 11.5 Å². The fourth-order valence-corrected chi connectivity index (χ4v) is 1.53.